The standard InChI is InChI=1S/C27H27F3N6O4/c1-26(2)39-14-19(40-26)13-38-22-10-17(6-7-31-22)34-25(37)20-9-18-12-36(20)21-11-32-23(35-24(21)33-18)15-4-3-5-16(8-15)27(28,29)30/h3-8,10-11,18-20H,9,12-14H2,1-2H3,(H,31,34,37)(H,32,33,35)/t18-,19-,20?/m0/s1. The molecule has 0 saturated carbocycles. The number of nitrogens with one attached hydrogen (secondary N) is 2. The highest BCUT2D eigenvalue weighted by Gasteiger charge is 2.42. The van der Waals surface area contributed by atoms with E-state index in [1.807, 2.05) is 18.7 Å². The molecule has 1 unspecified atom stereocenters. The lowest BCUT2D eigenvalue weighted by atomic mass is 10.1. The SMILES string of the molecule is CC1(C)OC[C@H](COc2cc(NC(=O)C3C[C@H]4CN3c3cnc(-c5cccc(C(F)(F)F)c5)nc3N4)ccn2)O1. The van der Waals surface area contributed by atoms with Crippen molar-refractivity contribution in [3.05, 3.63) is 54.4 Å². The third-order valence-electron chi connectivity index (χ3n) is 6.96. The van der Waals surface area contributed by atoms with Gasteiger partial charge in [-0.15, -0.1) is 0 Å². The average molecular weight is 557 g/mol. The Morgan fingerprint density at radius 1 is 1.25 bits per heavy atom. The van der Waals surface area contributed by atoms with Crippen molar-refractivity contribution in [3.63, 3.8) is 0 Å². The predicted octanol–water partition coefficient (Wildman–Crippen LogP) is 4.10. The number of carbonyl (C=O) groups is 1. The minimum atomic E-state index is -4.47. The van der Waals surface area contributed by atoms with Gasteiger partial charge in [0.2, 0.25) is 11.8 Å². The number of carbonyl (C=O) groups excluding carboxylic acids is 1. The molecule has 40 heavy (non-hydrogen) atoms. The maximum absolute atomic E-state index is 13.3. The number of hydrogen-bond donors (Lipinski definition) is 2. The molecule has 1 amide bonds. The quantitative estimate of drug-likeness (QED) is 0.464. The average Bonchev–Trinajstić information content (AvgIpc) is 3.45. The normalized spacial score (nSPS) is 22.9. The maximum atomic E-state index is 13.3. The summed E-state index contributed by atoms with van der Waals surface area (Å²) in [4.78, 5) is 28.2. The minimum absolute atomic E-state index is 0.0540. The Morgan fingerprint density at radius 2 is 2.10 bits per heavy atom. The summed E-state index contributed by atoms with van der Waals surface area (Å²) in [5.41, 5.74) is 0.637. The van der Waals surface area contributed by atoms with Crippen molar-refractivity contribution in [2.75, 3.05) is 35.3 Å². The Bertz CT molecular complexity index is 1440. The van der Waals surface area contributed by atoms with Gasteiger partial charge < -0.3 is 29.7 Å². The summed E-state index contributed by atoms with van der Waals surface area (Å²) in [5.74, 6) is 0.132. The number of anilines is 3. The summed E-state index contributed by atoms with van der Waals surface area (Å²) in [6, 6.07) is 7.67. The molecule has 0 spiro atoms. The lowest BCUT2D eigenvalue weighted by Gasteiger charge is -2.30. The topological polar surface area (TPSA) is 111 Å². The number of halogens is 3. The molecule has 2 N–H and O–H groups in total. The third kappa shape index (κ3) is 5.39. The monoisotopic (exact) mass is 556 g/mol. The van der Waals surface area contributed by atoms with Crippen molar-refractivity contribution in [2.24, 2.45) is 0 Å². The first kappa shape index (κ1) is 26.3. The van der Waals surface area contributed by atoms with Gasteiger partial charge in [-0.3, -0.25) is 4.79 Å². The van der Waals surface area contributed by atoms with Crippen molar-refractivity contribution < 1.29 is 32.2 Å². The zero-order chi connectivity index (χ0) is 28.1. The van der Waals surface area contributed by atoms with Crippen LogP contribution >= 0.6 is 0 Å². The molecule has 0 radical (unpaired) electrons. The summed E-state index contributed by atoms with van der Waals surface area (Å²) >= 11 is 0. The van der Waals surface area contributed by atoms with Crippen LogP contribution in [-0.4, -0.2) is 64.6 Å². The first-order valence-corrected chi connectivity index (χ1v) is 12.8. The van der Waals surface area contributed by atoms with Crippen LogP contribution in [0.4, 0.5) is 30.4 Å². The molecular weight excluding hydrogens is 529 g/mol. The van der Waals surface area contributed by atoms with Gasteiger partial charge in [0.15, 0.2) is 17.4 Å². The van der Waals surface area contributed by atoms with Crippen molar-refractivity contribution in [1.29, 1.82) is 0 Å². The van der Waals surface area contributed by atoms with Gasteiger partial charge in [-0.1, -0.05) is 12.1 Å². The number of amides is 1. The van der Waals surface area contributed by atoms with Gasteiger partial charge in [0.1, 0.15) is 18.8 Å². The second kappa shape index (κ2) is 9.89. The van der Waals surface area contributed by atoms with E-state index < -0.39 is 23.6 Å². The van der Waals surface area contributed by atoms with E-state index in [0.29, 0.717) is 42.6 Å². The Labute approximate surface area is 227 Å². The molecule has 13 heteroatoms. The van der Waals surface area contributed by atoms with Crippen LogP contribution in [0.5, 0.6) is 5.88 Å². The molecule has 3 aliphatic rings. The number of ether oxygens (including phenoxy) is 3. The molecule has 10 nitrogen and oxygen atoms in total. The van der Waals surface area contributed by atoms with E-state index in [-0.39, 0.29) is 36.0 Å². The van der Waals surface area contributed by atoms with E-state index in [1.54, 1.807) is 24.5 Å². The van der Waals surface area contributed by atoms with Crippen molar-refractivity contribution in [3.8, 4) is 17.3 Å². The van der Waals surface area contributed by atoms with Crippen molar-refractivity contribution in [1.82, 2.24) is 15.0 Å². The number of pyridine rings is 1. The van der Waals surface area contributed by atoms with Crippen LogP contribution in [0.15, 0.2) is 48.8 Å². The first-order valence-electron chi connectivity index (χ1n) is 12.8. The van der Waals surface area contributed by atoms with Crippen LogP contribution in [0, 0.1) is 0 Å². The molecule has 0 aliphatic carbocycles. The van der Waals surface area contributed by atoms with E-state index >= 15 is 0 Å². The van der Waals surface area contributed by atoms with Gasteiger partial charge >= 0.3 is 6.18 Å². The molecular formula is C27H27F3N6O4. The highest BCUT2D eigenvalue weighted by atomic mass is 19.4. The lowest BCUT2D eigenvalue weighted by Crippen LogP contribution is -2.41. The van der Waals surface area contributed by atoms with E-state index in [1.165, 1.54) is 12.1 Å². The van der Waals surface area contributed by atoms with Crippen LogP contribution < -0.4 is 20.3 Å². The van der Waals surface area contributed by atoms with Crippen LogP contribution in [0.2, 0.25) is 0 Å². The number of aromatic nitrogens is 3. The third-order valence-corrected chi connectivity index (χ3v) is 6.96. The largest absolute Gasteiger partial charge is 0.475 e. The van der Waals surface area contributed by atoms with Crippen LogP contribution in [0.3, 0.4) is 0 Å². The molecule has 6 rings (SSSR count). The number of alkyl halides is 3. The Balaban J connectivity index is 1.14. The molecule has 3 atom stereocenters. The molecule has 2 fully saturated rings. The fraction of sp³-hybridized carbons (Fsp3) is 0.407. The van der Waals surface area contributed by atoms with E-state index in [4.69, 9.17) is 14.2 Å². The molecule has 3 aromatic rings. The van der Waals surface area contributed by atoms with Crippen molar-refractivity contribution >= 4 is 23.1 Å². The summed E-state index contributed by atoms with van der Waals surface area (Å²) in [5, 5.41) is 6.24. The first-order chi connectivity index (χ1) is 19.0. The van der Waals surface area contributed by atoms with Crippen LogP contribution in [0.25, 0.3) is 11.4 Å². The van der Waals surface area contributed by atoms with Crippen LogP contribution in [0.1, 0.15) is 25.8 Å². The Hall–Kier alpha value is -3.97. The Kier molecular flexibility index (Phi) is 6.50. The maximum Gasteiger partial charge on any atom is 0.416 e. The number of benzene rings is 1. The highest BCUT2D eigenvalue weighted by molar-refractivity contribution is 5.98. The second-order valence-electron chi connectivity index (χ2n) is 10.4. The minimum Gasteiger partial charge on any atom is -0.475 e. The fourth-order valence-electron chi connectivity index (χ4n) is 5.13. The smallest absolute Gasteiger partial charge is 0.416 e. The van der Waals surface area contributed by atoms with E-state index in [2.05, 4.69) is 25.6 Å². The molecule has 1 aromatic carbocycles. The molecule has 2 saturated heterocycles. The molecule has 3 aliphatic heterocycles. The van der Waals surface area contributed by atoms with Gasteiger partial charge in [0, 0.05) is 36.1 Å². The molecule has 5 heterocycles. The molecule has 2 aromatic heterocycles. The van der Waals surface area contributed by atoms with Gasteiger partial charge in [0.25, 0.3) is 0 Å². The van der Waals surface area contributed by atoms with Gasteiger partial charge in [-0.2, -0.15) is 13.2 Å². The lowest BCUT2D eigenvalue weighted by molar-refractivity contribution is -0.141. The van der Waals surface area contributed by atoms with Gasteiger partial charge in [-0.25, -0.2) is 15.0 Å². The van der Waals surface area contributed by atoms with E-state index in [0.717, 1.165) is 12.1 Å². The molecule has 210 valence electrons. The number of fused-ring (bicyclic) bond motifs is 4. The van der Waals surface area contributed by atoms with Gasteiger partial charge in [0.05, 0.1) is 24.1 Å². The second-order valence-corrected chi connectivity index (χ2v) is 10.4. The number of nitrogens with zero attached hydrogens (tertiary/aromatic N) is 4. The summed E-state index contributed by atoms with van der Waals surface area (Å²) in [6.07, 6.45) is -1.07. The zero-order valence-corrected chi connectivity index (χ0v) is 21.7. The molecule has 2 bridgehead atoms. The van der Waals surface area contributed by atoms with Crippen molar-refractivity contribution in [2.45, 2.75) is 50.4 Å². The number of hydrogen-bond acceptors (Lipinski definition) is 9. The summed E-state index contributed by atoms with van der Waals surface area (Å²) < 4.78 is 56.6. The zero-order valence-electron chi connectivity index (χ0n) is 21.7. The highest BCUT2D eigenvalue weighted by Crippen LogP contribution is 2.39. The van der Waals surface area contributed by atoms with E-state index in [9.17, 15) is 18.0 Å². The van der Waals surface area contributed by atoms with Gasteiger partial charge in [-0.05, 0) is 38.5 Å². The summed E-state index contributed by atoms with van der Waals surface area (Å²) in [6.45, 7) is 4.93. The Morgan fingerprint density at radius 3 is 2.88 bits per heavy atom. The number of rotatable bonds is 6. The fourth-order valence-corrected chi connectivity index (χ4v) is 5.13. The summed E-state index contributed by atoms with van der Waals surface area (Å²) in [7, 11) is 0. The predicted molar refractivity (Wildman–Crippen MR) is 139 cm³/mol. The van der Waals surface area contributed by atoms with Crippen LogP contribution in [-0.2, 0) is 20.4 Å².